The molecule has 0 aliphatic rings. The van der Waals surface area contributed by atoms with Crippen molar-refractivity contribution >= 4 is 39.1 Å². The number of nitrogens with zero attached hydrogens (tertiary/aromatic N) is 2. The zero-order valence-corrected chi connectivity index (χ0v) is 15.8. The van der Waals surface area contributed by atoms with Gasteiger partial charge in [-0.25, -0.2) is 14.8 Å². The maximum atomic E-state index is 12.4. The molecule has 0 unspecified atom stereocenters. The molecule has 2 amide bonds. The minimum Gasteiger partial charge on any atom is -0.308 e. The van der Waals surface area contributed by atoms with E-state index in [-0.39, 0.29) is 6.03 Å². The molecule has 0 fully saturated rings. The van der Waals surface area contributed by atoms with Crippen molar-refractivity contribution in [3.63, 3.8) is 0 Å². The predicted molar refractivity (Wildman–Crippen MR) is 111 cm³/mol. The molecule has 0 aliphatic heterocycles. The highest BCUT2D eigenvalue weighted by molar-refractivity contribution is 7.21. The van der Waals surface area contributed by atoms with E-state index in [9.17, 15) is 4.79 Å². The molecule has 27 heavy (non-hydrogen) atoms. The summed E-state index contributed by atoms with van der Waals surface area (Å²) in [7, 11) is 0. The normalized spacial score (nSPS) is 10.7. The smallest absolute Gasteiger partial charge is 0.308 e. The van der Waals surface area contributed by atoms with Gasteiger partial charge in [-0.2, -0.15) is 0 Å². The van der Waals surface area contributed by atoms with E-state index < -0.39 is 0 Å². The minimum absolute atomic E-state index is 0.271. The van der Waals surface area contributed by atoms with Crippen molar-refractivity contribution in [3.8, 4) is 10.6 Å². The Bertz CT molecular complexity index is 1100. The van der Waals surface area contributed by atoms with Gasteiger partial charge in [0.2, 0.25) is 0 Å². The van der Waals surface area contributed by atoms with E-state index in [4.69, 9.17) is 0 Å². The first-order valence-corrected chi connectivity index (χ1v) is 9.37. The van der Waals surface area contributed by atoms with Crippen molar-refractivity contribution < 1.29 is 4.79 Å². The number of thiazole rings is 1. The number of benzene rings is 2. The molecule has 0 atom stereocenters. The first-order chi connectivity index (χ1) is 13.1. The maximum absolute atomic E-state index is 12.4. The van der Waals surface area contributed by atoms with Gasteiger partial charge in [-0.1, -0.05) is 35.6 Å². The number of hydrogen-bond donors (Lipinski definition) is 2. The molecular weight excluding hydrogens is 356 g/mol. The molecule has 0 saturated heterocycles. The van der Waals surface area contributed by atoms with Crippen LogP contribution in [0.25, 0.3) is 20.9 Å². The fraction of sp³-hybridized carbons (Fsp3) is 0.0952. The summed E-state index contributed by atoms with van der Waals surface area (Å²) in [5.41, 5.74) is 5.46. The number of nitrogens with one attached hydrogen (secondary N) is 2. The van der Waals surface area contributed by atoms with Crippen LogP contribution in [-0.2, 0) is 0 Å². The maximum Gasteiger partial charge on any atom is 0.323 e. The Morgan fingerprint density at radius 3 is 2.74 bits per heavy atom. The summed E-state index contributed by atoms with van der Waals surface area (Å²) < 4.78 is 0. The van der Waals surface area contributed by atoms with Crippen LogP contribution in [0.3, 0.4) is 0 Å². The van der Waals surface area contributed by atoms with E-state index in [1.807, 2.05) is 68.4 Å². The van der Waals surface area contributed by atoms with E-state index in [1.165, 1.54) is 11.3 Å². The van der Waals surface area contributed by atoms with Crippen molar-refractivity contribution in [2.24, 2.45) is 0 Å². The molecule has 6 heteroatoms. The van der Waals surface area contributed by atoms with Crippen molar-refractivity contribution in [2.75, 3.05) is 10.6 Å². The third-order valence-corrected chi connectivity index (χ3v) is 5.20. The van der Waals surface area contributed by atoms with Crippen LogP contribution in [0.15, 0.2) is 60.8 Å². The molecule has 0 saturated carbocycles. The number of carbonyl (C=O) groups excluding carboxylic acids is 1. The average Bonchev–Trinajstić information content (AvgIpc) is 3.09. The van der Waals surface area contributed by atoms with E-state index in [2.05, 4.69) is 20.6 Å². The lowest BCUT2D eigenvalue weighted by Crippen LogP contribution is -2.20. The molecule has 0 spiro atoms. The zero-order valence-electron chi connectivity index (χ0n) is 15.0. The molecular formula is C21H18N4OS. The lowest BCUT2D eigenvalue weighted by molar-refractivity contribution is 0.262. The number of rotatable bonds is 3. The fourth-order valence-electron chi connectivity index (χ4n) is 2.78. The van der Waals surface area contributed by atoms with Gasteiger partial charge in [-0.15, -0.1) is 0 Å². The summed E-state index contributed by atoms with van der Waals surface area (Å²) in [5.74, 6) is 0. The van der Waals surface area contributed by atoms with Gasteiger partial charge in [-0.05, 0) is 55.3 Å². The standard InChI is InChI=1S/C21H18N4OS/c1-13-8-9-14(2)18(11-13)25-21(26)23-16-6-3-5-15(12-16)19-24-17-7-4-10-22-20(17)27-19/h3-12H,1-2H3,(H2,23,25,26). The molecule has 5 nitrogen and oxygen atoms in total. The summed E-state index contributed by atoms with van der Waals surface area (Å²) in [6.45, 7) is 3.97. The van der Waals surface area contributed by atoms with Crippen LogP contribution in [0.5, 0.6) is 0 Å². The number of anilines is 2. The van der Waals surface area contributed by atoms with Crippen molar-refractivity contribution in [1.29, 1.82) is 0 Å². The van der Waals surface area contributed by atoms with Crippen molar-refractivity contribution in [2.45, 2.75) is 13.8 Å². The van der Waals surface area contributed by atoms with Crippen molar-refractivity contribution in [3.05, 3.63) is 71.9 Å². The number of amides is 2. The van der Waals surface area contributed by atoms with Gasteiger partial charge < -0.3 is 10.6 Å². The zero-order chi connectivity index (χ0) is 18.8. The van der Waals surface area contributed by atoms with Crippen LogP contribution in [0.1, 0.15) is 11.1 Å². The minimum atomic E-state index is -0.271. The first-order valence-electron chi connectivity index (χ1n) is 8.56. The largest absolute Gasteiger partial charge is 0.323 e. The average molecular weight is 374 g/mol. The van der Waals surface area contributed by atoms with E-state index in [0.29, 0.717) is 5.69 Å². The number of hydrogen-bond acceptors (Lipinski definition) is 4. The fourth-order valence-corrected chi connectivity index (χ4v) is 3.68. The molecule has 4 aromatic rings. The SMILES string of the molecule is Cc1ccc(C)c(NC(=O)Nc2cccc(-c3nc4cccnc4s3)c2)c1. The van der Waals surface area contributed by atoms with Crippen LogP contribution in [-0.4, -0.2) is 16.0 Å². The van der Waals surface area contributed by atoms with Crippen LogP contribution in [0.2, 0.25) is 0 Å². The lowest BCUT2D eigenvalue weighted by atomic mass is 10.1. The highest BCUT2D eigenvalue weighted by Crippen LogP contribution is 2.30. The highest BCUT2D eigenvalue weighted by atomic mass is 32.1. The summed E-state index contributed by atoms with van der Waals surface area (Å²) in [5, 5.41) is 6.68. The van der Waals surface area contributed by atoms with Crippen LogP contribution < -0.4 is 10.6 Å². The molecule has 0 aliphatic carbocycles. The number of fused-ring (bicyclic) bond motifs is 1. The molecule has 0 bridgehead atoms. The Morgan fingerprint density at radius 1 is 1.00 bits per heavy atom. The Kier molecular flexibility index (Phi) is 4.56. The quantitative estimate of drug-likeness (QED) is 0.489. The third kappa shape index (κ3) is 3.80. The Morgan fingerprint density at radius 2 is 1.89 bits per heavy atom. The lowest BCUT2D eigenvalue weighted by Gasteiger charge is -2.11. The van der Waals surface area contributed by atoms with Crippen LogP contribution >= 0.6 is 11.3 Å². The summed E-state index contributed by atoms with van der Waals surface area (Å²) in [6, 6.07) is 17.2. The van der Waals surface area contributed by atoms with Crippen molar-refractivity contribution in [1.82, 2.24) is 9.97 Å². The third-order valence-electron chi connectivity index (χ3n) is 4.18. The predicted octanol–water partition coefficient (Wildman–Crippen LogP) is 5.62. The highest BCUT2D eigenvalue weighted by Gasteiger charge is 2.09. The van der Waals surface area contributed by atoms with Crippen LogP contribution in [0, 0.1) is 13.8 Å². The van der Waals surface area contributed by atoms with Gasteiger partial charge in [0.05, 0.1) is 0 Å². The Balaban J connectivity index is 1.54. The van der Waals surface area contributed by atoms with Gasteiger partial charge in [0, 0.05) is 23.1 Å². The van der Waals surface area contributed by atoms with Gasteiger partial charge in [0.1, 0.15) is 15.4 Å². The monoisotopic (exact) mass is 374 g/mol. The number of urea groups is 1. The summed E-state index contributed by atoms with van der Waals surface area (Å²) in [4.78, 5) is 22.2. The number of aromatic nitrogens is 2. The number of aryl methyl sites for hydroxylation is 2. The van der Waals surface area contributed by atoms with E-state index in [0.717, 1.165) is 37.7 Å². The molecule has 4 rings (SSSR count). The Hall–Kier alpha value is -3.25. The van der Waals surface area contributed by atoms with E-state index >= 15 is 0 Å². The van der Waals surface area contributed by atoms with Gasteiger partial charge in [0.15, 0.2) is 0 Å². The second-order valence-electron chi connectivity index (χ2n) is 6.33. The second-order valence-corrected chi connectivity index (χ2v) is 7.30. The molecule has 2 aromatic carbocycles. The molecule has 0 radical (unpaired) electrons. The second kappa shape index (κ2) is 7.17. The number of pyridine rings is 1. The topological polar surface area (TPSA) is 66.9 Å². The molecule has 2 heterocycles. The summed E-state index contributed by atoms with van der Waals surface area (Å²) >= 11 is 1.53. The number of carbonyl (C=O) groups is 1. The van der Waals surface area contributed by atoms with Gasteiger partial charge >= 0.3 is 6.03 Å². The van der Waals surface area contributed by atoms with Crippen LogP contribution in [0.4, 0.5) is 16.2 Å². The van der Waals surface area contributed by atoms with Gasteiger partial charge in [0.25, 0.3) is 0 Å². The summed E-state index contributed by atoms with van der Waals surface area (Å²) in [6.07, 6.45) is 1.76. The Labute approximate surface area is 161 Å². The molecule has 2 N–H and O–H groups in total. The van der Waals surface area contributed by atoms with E-state index in [1.54, 1.807) is 6.20 Å². The molecule has 2 aromatic heterocycles. The molecule has 134 valence electrons. The van der Waals surface area contributed by atoms with Gasteiger partial charge in [-0.3, -0.25) is 0 Å². The first kappa shape index (κ1) is 17.2.